The quantitative estimate of drug-likeness (QED) is 0.457. The summed E-state index contributed by atoms with van der Waals surface area (Å²) in [7, 11) is 0. The fraction of sp³-hybridized carbons (Fsp3) is 0.125. The van der Waals surface area contributed by atoms with Gasteiger partial charge in [0.05, 0.1) is 5.56 Å². The van der Waals surface area contributed by atoms with Crippen molar-refractivity contribution in [3.63, 3.8) is 0 Å². The number of carboxylic acid groups (broad SMARTS) is 1. The predicted molar refractivity (Wildman–Crippen MR) is 49.8 cm³/mol. The summed E-state index contributed by atoms with van der Waals surface area (Å²) in [5.41, 5.74) is 6.80. The third-order valence-electron chi connectivity index (χ3n) is 1.66. The van der Waals surface area contributed by atoms with Crippen LogP contribution in [-0.2, 0) is 0 Å². The SMILES string of the molecule is Cc1c(N)cc(S)cc1C(=O)O. The van der Waals surface area contributed by atoms with Crippen molar-refractivity contribution in [1.82, 2.24) is 0 Å². The highest BCUT2D eigenvalue weighted by Gasteiger charge is 2.09. The van der Waals surface area contributed by atoms with Gasteiger partial charge in [0.25, 0.3) is 0 Å². The van der Waals surface area contributed by atoms with Gasteiger partial charge in [0.1, 0.15) is 0 Å². The van der Waals surface area contributed by atoms with Crippen LogP contribution in [0.1, 0.15) is 15.9 Å². The molecule has 1 aromatic rings. The molecule has 64 valence electrons. The highest BCUT2D eigenvalue weighted by Crippen LogP contribution is 2.20. The summed E-state index contributed by atoms with van der Waals surface area (Å²) in [4.78, 5) is 11.2. The highest BCUT2D eigenvalue weighted by molar-refractivity contribution is 7.80. The number of aromatic carboxylic acids is 1. The summed E-state index contributed by atoms with van der Waals surface area (Å²) < 4.78 is 0. The first-order valence-corrected chi connectivity index (χ1v) is 3.79. The third-order valence-corrected chi connectivity index (χ3v) is 1.92. The van der Waals surface area contributed by atoms with Crippen LogP contribution in [0.25, 0.3) is 0 Å². The Morgan fingerprint density at radius 3 is 2.67 bits per heavy atom. The minimum Gasteiger partial charge on any atom is -0.478 e. The lowest BCUT2D eigenvalue weighted by atomic mass is 10.1. The van der Waals surface area contributed by atoms with Crippen LogP contribution < -0.4 is 5.73 Å². The van der Waals surface area contributed by atoms with Crippen LogP contribution in [0, 0.1) is 6.92 Å². The second-order valence-electron chi connectivity index (χ2n) is 2.51. The minimum absolute atomic E-state index is 0.208. The molecule has 0 saturated heterocycles. The van der Waals surface area contributed by atoms with Crippen LogP contribution in [0.2, 0.25) is 0 Å². The third kappa shape index (κ3) is 1.53. The van der Waals surface area contributed by atoms with E-state index in [1.165, 1.54) is 6.07 Å². The molecule has 0 fully saturated rings. The molecule has 1 aromatic carbocycles. The number of rotatable bonds is 1. The van der Waals surface area contributed by atoms with Crippen molar-refractivity contribution in [3.05, 3.63) is 23.3 Å². The summed E-state index contributed by atoms with van der Waals surface area (Å²) in [6.45, 7) is 1.67. The van der Waals surface area contributed by atoms with E-state index in [9.17, 15) is 4.79 Å². The van der Waals surface area contributed by atoms with E-state index in [-0.39, 0.29) is 5.56 Å². The molecule has 0 bridgehead atoms. The number of hydrogen-bond donors (Lipinski definition) is 3. The number of nitrogens with two attached hydrogens (primary N) is 1. The largest absolute Gasteiger partial charge is 0.478 e. The summed E-state index contributed by atoms with van der Waals surface area (Å²) >= 11 is 4.02. The Kier molecular flexibility index (Phi) is 2.28. The molecule has 4 heteroatoms. The van der Waals surface area contributed by atoms with Crippen LogP contribution in [0.15, 0.2) is 17.0 Å². The Morgan fingerprint density at radius 1 is 1.58 bits per heavy atom. The Labute approximate surface area is 75.6 Å². The van der Waals surface area contributed by atoms with Gasteiger partial charge in [-0.2, -0.15) is 0 Å². The van der Waals surface area contributed by atoms with Crippen molar-refractivity contribution in [2.75, 3.05) is 5.73 Å². The van der Waals surface area contributed by atoms with Crippen molar-refractivity contribution in [2.45, 2.75) is 11.8 Å². The van der Waals surface area contributed by atoms with Crippen LogP contribution in [0.4, 0.5) is 5.69 Å². The first-order valence-electron chi connectivity index (χ1n) is 3.34. The summed E-state index contributed by atoms with van der Waals surface area (Å²) in [6.07, 6.45) is 0. The lowest BCUT2D eigenvalue weighted by Gasteiger charge is -2.04. The van der Waals surface area contributed by atoms with Crippen LogP contribution >= 0.6 is 12.6 Å². The smallest absolute Gasteiger partial charge is 0.336 e. The maximum Gasteiger partial charge on any atom is 0.336 e. The molecule has 3 N–H and O–H groups in total. The zero-order valence-electron chi connectivity index (χ0n) is 6.53. The molecule has 0 amide bonds. The minimum atomic E-state index is -0.977. The van der Waals surface area contributed by atoms with E-state index in [1.54, 1.807) is 13.0 Å². The molecule has 0 spiro atoms. The number of anilines is 1. The zero-order chi connectivity index (χ0) is 9.30. The van der Waals surface area contributed by atoms with E-state index in [2.05, 4.69) is 12.6 Å². The van der Waals surface area contributed by atoms with E-state index in [0.29, 0.717) is 16.1 Å². The number of carboxylic acids is 1. The second-order valence-corrected chi connectivity index (χ2v) is 3.03. The first kappa shape index (κ1) is 8.93. The maximum absolute atomic E-state index is 10.6. The molecule has 0 aromatic heterocycles. The normalized spacial score (nSPS) is 9.83. The molecular weight excluding hydrogens is 174 g/mol. The fourth-order valence-electron chi connectivity index (χ4n) is 0.943. The van der Waals surface area contributed by atoms with Crippen molar-refractivity contribution < 1.29 is 9.90 Å². The van der Waals surface area contributed by atoms with Crippen LogP contribution in [-0.4, -0.2) is 11.1 Å². The average molecular weight is 183 g/mol. The van der Waals surface area contributed by atoms with Crippen LogP contribution in [0.5, 0.6) is 0 Å². The molecule has 0 radical (unpaired) electrons. The van der Waals surface area contributed by atoms with Crippen LogP contribution in [0.3, 0.4) is 0 Å². The number of carbonyl (C=O) groups is 1. The first-order chi connectivity index (χ1) is 5.52. The number of hydrogen-bond acceptors (Lipinski definition) is 3. The lowest BCUT2D eigenvalue weighted by molar-refractivity contribution is 0.0696. The van der Waals surface area contributed by atoms with E-state index in [4.69, 9.17) is 10.8 Å². The van der Waals surface area contributed by atoms with E-state index >= 15 is 0 Å². The Morgan fingerprint density at radius 2 is 2.17 bits per heavy atom. The van der Waals surface area contributed by atoms with Gasteiger partial charge in [0.15, 0.2) is 0 Å². The Balaban J connectivity index is 3.37. The van der Waals surface area contributed by atoms with Gasteiger partial charge in [0.2, 0.25) is 0 Å². The molecule has 0 heterocycles. The van der Waals surface area contributed by atoms with Gasteiger partial charge in [-0.25, -0.2) is 4.79 Å². The van der Waals surface area contributed by atoms with E-state index < -0.39 is 5.97 Å². The van der Waals surface area contributed by atoms with Gasteiger partial charge in [-0.05, 0) is 24.6 Å². The van der Waals surface area contributed by atoms with Gasteiger partial charge in [-0.3, -0.25) is 0 Å². The highest BCUT2D eigenvalue weighted by atomic mass is 32.1. The molecule has 0 atom stereocenters. The molecule has 0 aliphatic heterocycles. The number of benzene rings is 1. The van der Waals surface area contributed by atoms with Crippen molar-refractivity contribution >= 4 is 24.3 Å². The molecule has 0 saturated carbocycles. The molecule has 3 nitrogen and oxygen atoms in total. The fourth-order valence-corrected chi connectivity index (χ4v) is 1.21. The van der Waals surface area contributed by atoms with Gasteiger partial charge in [0, 0.05) is 10.6 Å². The number of thiol groups is 1. The lowest BCUT2D eigenvalue weighted by Crippen LogP contribution is -2.02. The molecule has 0 aliphatic rings. The topological polar surface area (TPSA) is 63.3 Å². The molecule has 1 rings (SSSR count). The molecular formula is C8H9NO2S. The predicted octanol–water partition coefficient (Wildman–Crippen LogP) is 1.56. The van der Waals surface area contributed by atoms with Crippen molar-refractivity contribution in [3.8, 4) is 0 Å². The summed E-state index contributed by atoms with van der Waals surface area (Å²) in [6, 6.07) is 3.11. The molecule has 0 unspecified atom stereocenters. The van der Waals surface area contributed by atoms with Crippen molar-refractivity contribution in [2.24, 2.45) is 0 Å². The Hall–Kier alpha value is -1.16. The summed E-state index contributed by atoms with van der Waals surface area (Å²) in [5.74, 6) is -0.977. The monoisotopic (exact) mass is 183 g/mol. The summed E-state index contributed by atoms with van der Waals surface area (Å²) in [5, 5.41) is 8.73. The Bertz CT molecular complexity index is 336. The molecule has 0 aliphatic carbocycles. The van der Waals surface area contributed by atoms with Gasteiger partial charge in [-0.1, -0.05) is 0 Å². The standard InChI is InChI=1S/C8H9NO2S/c1-4-6(8(10)11)2-5(12)3-7(4)9/h2-3,12H,9H2,1H3,(H,10,11). The second kappa shape index (κ2) is 3.06. The van der Waals surface area contributed by atoms with Crippen molar-refractivity contribution in [1.29, 1.82) is 0 Å². The zero-order valence-corrected chi connectivity index (χ0v) is 7.43. The number of nitrogen functional groups attached to an aromatic ring is 1. The van der Waals surface area contributed by atoms with Gasteiger partial charge in [-0.15, -0.1) is 12.6 Å². The van der Waals surface area contributed by atoms with Gasteiger partial charge < -0.3 is 10.8 Å². The maximum atomic E-state index is 10.6. The van der Waals surface area contributed by atoms with E-state index in [1.807, 2.05) is 0 Å². The average Bonchev–Trinajstić information content (AvgIpc) is 1.96. The van der Waals surface area contributed by atoms with Gasteiger partial charge >= 0.3 is 5.97 Å². The van der Waals surface area contributed by atoms with E-state index in [0.717, 1.165) is 0 Å². The molecule has 12 heavy (non-hydrogen) atoms.